The Morgan fingerprint density at radius 2 is 1.70 bits per heavy atom. The number of carbonyl (C=O) groups excluding carboxylic acids is 1. The number of methoxy groups -OCH3 is 2. The summed E-state index contributed by atoms with van der Waals surface area (Å²) in [6.07, 6.45) is -4.43. The van der Waals surface area contributed by atoms with Crippen LogP contribution in [0.4, 0.5) is 13.2 Å². The Morgan fingerprint density at radius 3 is 2.30 bits per heavy atom. The quantitative estimate of drug-likeness (QED) is 0.281. The Hall–Kier alpha value is -3.13. The van der Waals surface area contributed by atoms with Crippen molar-refractivity contribution in [3.63, 3.8) is 0 Å². The van der Waals surface area contributed by atoms with Crippen molar-refractivity contribution in [2.75, 3.05) is 21.3 Å². The zero-order valence-electron chi connectivity index (χ0n) is 17.2. The predicted octanol–water partition coefficient (Wildman–Crippen LogP) is 5.10. The number of halogens is 3. The number of rotatable bonds is 6. The lowest BCUT2D eigenvalue weighted by Crippen LogP contribution is -2.07. The van der Waals surface area contributed by atoms with E-state index in [2.05, 4.69) is 21.2 Å². The molecule has 0 aliphatic carbocycles. The van der Waals surface area contributed by atoms with Gasteiger partial charge in [0.1, 0.15) is 6.61 Å². The van der Waals surface area contributed by atoms with Gasteiger partial charge in [-0.1, -0.05) is 48.1 Å². The van der Waals surface area contributed by atoms with Crippen LogP contribution in [-0.4, -0.2) is 33.0 Å². The Balaban J connectivity index is 0.00000141. The van der Waals surface area contributed by atoms with Gasteiger partial charge in [-0.15, -0.1) is 0 Å². The summed E-state index contributed by atoms with van der Waals surface area (Å²) in [6.45, 7) is 5.27. The summed E-state index contributed by atoms with van der Waals surface area (Å²) in [6, 6.07) is 11.8. The molecular formula is C22H24F3NO4. The van der Waals surface area contributed by atoms with Crippen LogP contribution in [0.5, 0.6) is 0 Å². The Labute approximate surface area is 173 Å². The molecule has 0 amide bonds. The highest BCUT2D eigenvalue weighted by molar-refractivity contribution is 6.15. The van der Waals surface area contributed by atoms with Gasteiger partial charge >= 0.3 is 12.1 Å². The number of carbonyl (C=O) groups is 1. The largest absolute Gasteiger partial charge is 0.465 e. The van der Waals surface area contributed by atoms with Crippen LogP contribution in [0.15, 0.2) is 60.3 Å². The van der Waals surface area contributed by atoms with Crippen molar-refractivity contribution < 1.29 is 32.3 Å². The lowest BCUT2D eigenvalue weighted by molar-refractivity contribution is -0.137. The molecule has 0 saturated carbocycles. The van der Waals surface area contributed by atoms with Gasteiger partial charge in [-0.2, -0.15) is 13.2 Å². The summed E-state index contributed by atoms with van der Waals surface area (Å²) in [4.78, 5) is 16.9. The van der Waals surface area contributed by atoms with Gasteiger partial charge in [-0.3, -0.25) is 0 Å². The molecule has 0 unspecified atom stereocenters. The zero-order chi connectivity index (χ0) is 22.7. The van der Waals surface area contributed by atoms with Gasteiger partial charge in [-0.25, -0.2) is 4.79 Å². The van der Waals surface area contributed by atoms with E-state index < -0.39 is 17.7 Å². The Kier molecular flexibility index (Phi) is 9.77. The average molecular weight is 423 g/mol. The van der Waals surface area contributed by atoms with E-state index in [-0.39, 0.29) is 12.2 Å². The summed E-state index contributed by atoms with van der Waals surface area (Å²) in [5, 5.41) is 3.88. The SMILES string of the molecule is C=C(C(=O)OC)c1ccccc1CO/N=C(\C)c1cccc(C(F)(F)F)c1.COC. The van der Waals surface area contributed by atoms with Crippen LogP contribution >= 0.6 is 0 Å². The van der Waals surface area contributed by atoms with Crippen LogP contribution in [0.25, 0.3) is 5.57 Å². The molecule has 0 aliphatic heterocycles. The number of hydrogen-bond acceptors (Lipinski definition) is 5. The minimum atomic E-state index is -4.43. The first-order valence-electron chi connectivity index (χ1n) is 8.75. The average Bonchev–Trinajstić information content (AvgIpc) is 2.73. The van der Waals surface area contributed by atoms with Gasteiger partial charge in [0, 0.05) is 19.8 Å². The van der Waals surface area contributed by atoms with Crippen molar-refractivity contribution in [2.24, 2.45) is 5.16 Å². The molecule has 8 heteroatoms. The van der Waals surface area contributed by atoms with Crippen LogP contribution in [0.2, 0.25) is 0 Å². The molecule has 0 fully saturated rings. The minimum absolute atomic E-state index is 0.0164. The normalized spacial score (nSPS) is 11.2. The maximum atomic E-state index is 12.8. The van der Waals surface area contributed by atoms with Crippen LogP contribution in [0.3, 0.4) is 0 Å². The third-order valence-electron chi connectivity index (χ3n) is 3.80. The highest BCUT2D eigenvalue weighted by Crippen LogP contribution is 2.29. The van der Waals surface area contributed by atoms with E-state index in [9.17, 15) is 18.0 Å². The van der Waals surface area contributed by atoms with Crippen molar-refractivity contribution in [1.82, 2.24) is 0 Å². The van der Waals surface area contributed by atoms with Crippen molar-refractivity contribution in [3.8, 4) is 0 Å². The molecule has 2 aromatic rings. The van der Waals surface area contributed by atoms with Crippen molar-refractivity contribution in [1.29, 1.82) is 0 Å². The van der Waals surface area contributed by atoms with Crippen LogP contribution in [0.1, 0.15) is 29.2 Å². The zero-order valence-corrected chi connectivity index (χ0v) is 17.2. The topological polar surface area (TPSA) is 57.1 Å². The maximum Gasteiger partial charge on any atom is 0.416 e. The van der Waals surface area contributed by atoms with E-state index in [1.54, 1.807) is 45.4 Å². The summed E-state index contributed by atoms with van der Waals surface area (Å²) >= 11 is 0. The monoisotopic (exact) mass is 423 g/mol. The molecule has 162 valence electrons. The van der Waals surface area contributed by atoms with Crippen molar-refractivity contribution in [2.45, 2.75) is 19.7 Å². The number of benzene rings is 2. The highest BCUT2D eigenvalue weighted by Gasteiger charge is 2.30. The van der Waals surface area contributed by atoms with Gasteiger partial charge in [0.25, 0.3) is 0 Å². The summed E-state index contributed by atoms with van der Waals surface area (Å²) in [5.41, 5.74) is 1.22. The standard InChI is InChI=1S/C20H18F3NO3.C2H6O/c1-13(19(25)26-3)18-10-5-4-7-16(18)12-27-24-14(2)15-8-6-9-17(11-15)20(21,22)23;1-3-2/h4-11H,1,12H2,2-3H3;1-2H3/b24-14+;. The molecule has 0 N–H and O–H groups in total. The third kappa shape index (κ3) is 7.36. The second-order valence-electron chi connectivity index (χ2n) is 6.06. The van der Waals surface area contributed by atoms with E-state index in [1.807, 2.05) is 0 Å². The second kappa shape index (κ2) is 11.8. The molecule has 0 radical (unpaired) electrons. The van der Waals surface area contributed by atoms with Crippen molar-refractivity contribution in [3.05, 3.63) is 77.4 Å². The fourth-order valence-corrected chi connectivity index (χ4v) is 2.35. The van der Waals surface area contributed by atoms with E-state index in [0.29, 0.717) is 22.4 Å². The van der Waals surface area contributed by atoms with Gasteiger partial charge in [0.15, 0.2) is 0 Å². The molecule has 2 aromatic carbocycles. The minimum Gasteiger partial charge on any atom is -0.465 e. The van der Waals surface area contributed by atoms with Gasteiger partial charge in [-0.05, 0) is 30.2 Å². The first-order chi connectivity index (χ1) is 14.1. The maximum absolute atomic E-state index is 12.8. The second-order valence-corrected chi connectivity index (χ2v) is 6.06. The smallest absolute Gasteiger partial charge is 0.416 e. The van der Waals surface area contributed by atoms with Gasteiger partial charge in [0.05, 0.1) is 24.0 Å². The lowest BCUT2D eigenvalue weighted by atomic mass is 10.0. The Bertz CT molecular complexity index is 892. The molecule has 5 nitrogen and oxygen atoms in total. The Morgan fingerprint density at radius 1 is 1.07 bits per heavy atom. The van der Waals surface area contributed by atoms with Gasteiger partial charge < -0.3 is 14.3 Å². The first-order valence-corrected chi connectivity index (χ1v) is 8.75. The molecule has 0 bridgehead atoms. The number of hydrogen-bond donors (Lipinski definition) is 0. The predicted molar refractivity (Wildman–Crippen MR) is 109 cm³/mol. The van der Waals surface area contributed by atoms with Crippen LogP contribution in [-0.2, 0) is 31.9 Å². The molecular weight excluding hydrogens is 399 g/mol. The van der Waals surface area contributed by atoms with Crippen molar-refractivity contribution >= 4 is 17.3 Å². The molecule has 0 saturated heterocycles. The number of ether oxygens (including phenoxy) is 2. The molecule has 0 aliphatic rings. The van der Waals surface area contributed by atoms with E-state index in [1.165, 1.54) is 19.2 Å². The first kappa shape index (κ1) is 24.9. The molecule has 0 heterocycles. The fraction of sp³-hybridized carbons (Fsp3) is 0.273. The van der Waals surface area contributed by atoms with E-state index in [0.717, 1.165) is 12.1 Å². The molecule has 30 heavy (non-hydrogen) atoms. The summed E-state index contributed by atoms with van der Waals surface area (Å²) < 4.78 is 47.3. The molecule has 0 aromatic heterocycles. The third-order valence-corrected chi connectivity index (χ3v) is 3.80. The molecule has 0 spiro atoms. The van der Waals surface area contributed by atoms with Gasteiger partial charge in [0.2, 0.25) is 0 Å². The summed E-state index contributed by atoms with van der Waals surface area (Å²) in [7, 11) is 4.51. The fourth-order valence-electron chi connectivity index (χ4n) is 2.35. The van der Waals surface area contributed by atoms with Crippen LogP contribution in [0, 0.1) is 0 Å². The van der Waals surface area contributed by atoms with E-state index >= 15 is 0 Å². The molecule has 0 atom stereocenters. The summed E-state index contributed by atoms with van der Waals surface area (Å²) in [5.74, 6) is -0.564. The number of oxime groups is 1. The molecule has 2 rings (SSSR count). The van der Waals surface area contributed by atoms with Crippen LogP contribution < -0.4 is 0 Å². The highest BCUT2D eigenvalue weighted by atomic mass is 19.4. The number of nitrogens with zero attached hydrogens (tertiary/aromatic N) is 1. The lowest BCUT2D eigenvalue weighted by Gasteiger charge is -2.10. The number of alkyl halides is 3. The number of esters is 1. The van der Waals surface area contributed by atoms with E-state index in [4.69, 9.17) is 4.84 Å².